The van der Waals surface area contributed by atoms with E-state index < -0.39 is 29.3 Å². The van der Waals surface area contributed by atoms with E-state index in [2.05, 4.69) is 10.1 Å². The first-order valence-electron chi connectivity index (χ1n) is 6.93. The molecule has 1 aliphatic rings. The van der Waals surface area contributed by atoms with E-state index >= 15 is 0 Å². The van der Waals surface area contributed by atoms with Crippen molar-refractivity contribution in [3.05, 3.63) is 5.53 Å². The molecule has 1 atom stereocenters. The molecule has 1 heterocycles. The number of nitrogens with zero attached hydrogens (tertiary/aromatic N) is 3. The Morgan fingerprint density at radius 2 is 2.00 bits per heavy atom. The topological polar surface area (TPSA) is 143 Å². The molecule has 9 heteroatoms. The summed E-state index contributed by atoms with van der Waals surface area (Å²) in [6, 6.07) is -1.28. The molecule has 0 bridgehead atoms. The van der Waals surface area contributed by atoms with Gasteiger partial charge in [0, 0.05) is 19.5 Å². The molecule has 1 saturated heterocycles. The molecule has 0 radical (unpaired) electrons. The van der Waals surface area contributed by atoms with Crippen LogP contribution < -0.4 is 5.32 Å². The second kappa shape index (κ2) is 7.79. The number of carboxylic acid groups (broad SMARTS) is 1. The maximum atomic E-state index is 12.1. The second-order valence-corrected chi connectivity index (χ2v) is 5.45. The lowest BCUT2D eigenvalue weighted by molar-refractivity contribution is -0.150. The number of aliphatic hydroxyl groups is 1. The molecule has 0 aliphatic carbocycles. The van der Waals surface area contributed by atoms with E-state index in [1.165, 1.54) is 0 Å². The van der Waals surface area contributed by atoms with Crippen molar-refractivity contribution < 1.29 is 29.4 Å². The second-order valence-electron chi connectivity index (χ2n) is 5.45. The number of carbonyl (C=O) groups excluding carboxylic acids is 2. The van der Waals surface area contributed by atoms with Gasteiger partial charge in [-0.3, -0.25) is 9.59 Å². The standard InChI is InChI=1S/C13H20N4O5/c1-17-6-4-13(22,5-7-17)12(21)16-10(11(19)20)3-2-9(18)8-15-14/h8,10,22H,2-7H2,1H3,(H,16,21)(H,19,20). The minimum absolute atomic E-state index is 0.151. The summed E-state index contributed by atoms with van der Waals surface area (Å²) >= 11 is 0. The number of carbonyl (C=O) groups is 3. The smallest absolute Gasteiger partial charge is 0.326 e. The number of Topliss-reactive ketones (excluding diaryl/α,β-unsaturated/α-hetero) is 1. The van der Waals surface area contributed by atoms with Crippen molar-refractivity contribution in [2.24, 2.45) is 0 Å². The molecule has 1 amide bonds. The number of carboxylic acids is 1. The first kappa shape index (κ1) is 18.0. The highest BCUT2D eigenvalue weighted by atomic mass is 16.4. The van der Waals surface area contributed by atoms with E-state index in [4.69, 9.17) is 10.6 Å². The van der Waals surface area contributed by atoms with Crippen LogP contribution in [0.3, 0.4) is 0 Å². The zero-order valence-corrected chi connectivity index (χ0v) is 12.4. The molecule has 1 unspecified atom stereocenters. The van der Waals surface area contributed by atoms with Crippen molar-refractivity contribution >= 4 is 23.9 Å². The van der Waals surface area contributed by atoms with Crippen LogP contribution in [-0.4, -0.2) is 75.6 Å². The van der Waals surface area contributed by atoms with Crippen molar-refractivity contribution in [3.8, 4) is 0 Å². The Kier molecular flexibility index (Phi) is 6.36. The summed E-state index contributed by atoms with van der Waals surface area (Å²) in [6.07, 6.45) is 0.769. The van der Waals surface area contributed by atoms with Crippen LogP contribution >= 0.6 is 0 Å². The molecule has 9 nitrogen and oxygen atoms in total. The van der Waals surface area contributed by atoms with E-state index in [1.807, 2.05) is 11.9 Å². The fourth-order valence-electron chi connectivity index (χ4n) is 2.18. The van der Waals surface area contributed by atoms with Gasteiger partial charge in [0.25, 0.3) is 5.91 Å². The minimum Gasteiger partial charge on any atom is -0.480 e. The quantitative estimate of drug-likeness (QED) is 0.301. The van der Waals surface area contributed by atoms with Crippen LogP contribution in [0.25, 0.3) is 5.53 Å². The first-order chi connectivity index (χ1) is 10.3. The average Bonchev–Trinajstić information content (AvgIpc) is 2.46. The molecule has 0 saturated carbocycles. The van der Waals surface area contributed by atoms with Gasteiger partial charge in [-0.05, 0) is 26.3 Å². The molecule has 0 aromatic rings. The number of piperidine rings is 1. The van der Waals surface area contributed by atoms with Gasteiger partial charge in [0.2, 0.25) is 5.78 Å². The van der Waals surface area contributed by atoms with Crippen molar-refractivity contribution in [1.29, 1.82) is 0 Å². The molecule has 1 fully saturated rings. The Morgan fingerprint density at radius 3 is 2.50 bits per heavy atom. The molecule has 3 N–H and O–H groups in total. The third kappa shape index (κ3) is 5.03. The number of ketones is 1. The number of hydrogen-bond donors (Lipinski definition) is 3. The van der Waals surface area contributed by atoms with E-state index in [0.717, 1.165) is 0 Å². The van der Waals surface area contributed by atoms with Gasteiger partial charge in [-0.1, -0.05) is 0 Å². The maximum Gasteiger partial charge on any atom is 0.326 e. The van der Waals surface area contributed by atoms with Gasteiger partial charge in [-0.15, -0.1) is 0 Å². The van der Waals surface area contributed by atoms with Gasteiger partial charge in [-0.25, -0.2) is 4.79 Å². The summed E-state index contributed by atoms with van der Waals surface area (Å²) < 4.78 is 0. The van der Waals surface area contributed by atoms with Crippen molar-refractivity contribution in [3.63, 3.8) is 0 Å². The predicted octanol–water partition coefficient (Wildman–Crippen LogP) is -1.34. The van der Waals surface area contributed by atoms with Gasteiger partial charge < -0.3 is 26.0 Å². The molecule has 1 aliphatic heterocycles. The molecule has 122 valence electrons. The Labute approximate surface area is 127 Å². The molecular formula is C13H20N4O5. The van der Waals surface area contributed by atoms with Gasteiger partial charge in [0.15, 0.2) is 0 Å². The Morgan fingerprint density at radius 1 is 1.41 bits per heavy atom. The van der Waals surface area contributed by atoms with Crippen LogP contribution in [0.2, 0.25) is 0 Å². The van der Waals surface area contributed by atoms with Crippen LogP contribution in [0.15, 0.2) is 0 Å². The van der Waals surface area contributed by atoms with E-state index in [0.29, 0.717) is 19.3 Å². The molecule has 0 aromatic heterocycles. The fourth-order valence-corrected chi connectivity index (χ4v) is 2.18. The number of likely N-dealkylation sites (tertiary alicyclic amines) is 1. The largest absolute Gasteiger partial charge is 0.480 e. The Balaban J connectivity index is 2.62. The normalized spacial score (nSPS) is 18.8. The highest BCUT2D eigenvalue weighted by molar-refractivity contribution is 6.25. The lowest BCUT2D eigenvalue weighted by atomic mass is 9.90. The molecular weight excluding hydrogens is 292 g/mol. The summed E-state index contributed by atoms with van der Waals surface area (Å²) in [6.45, 7) is 1.07. The lowest BCUT2D eigenvalue weighted by Gasteiger charge is -2.35. The average molecular weight is 312 g/mol. The summed E-state index contributed by atoms with van der Waals surface area (Å²) in [5.74, 6) is -2.59. The minimum atomic E-state index is -1.59. The van der Waals surface area contributed by atoms with Crippen molar-refractivity contribution in [2.45, 2.75) is 37.3 Å². The summed E-state index contributed by atoms with van der Waals surface area (Å²) in [7, 11) is 1.87. The van der Waals surface area contributed by atoms with Crippen LogP contribution in [0.1, 0.15) is 25.7 Å². The zero-order valence-electron chi connectivity index (χ0n) is 12.4. The Bertz CT molecular complexity index is 493. The number of amides is 1. The van der Waals surface area contributed by atoms with Crippen LogP contribution in [-0.2, 0) is 14.4 Å². The maximum absolute atomic E-state index is 12.1. The number of nitrogens with one attached hydrogen (secondary N) is 1. The molecule has 0 aromatic carbocycles. The SMILES string of the molecule is CN1CCC(O)(C(=O)NC(CCC(=O)C=[N+]=[N-])C(=O)O)CC1. The third-order valence-electron chi connectivity index (χ3n) is 3.72. The summed E-state index contributed by atoms with van der Waals surface area (Å²) in [5.41, 5.74) is 6.62. The van der Waals surface area contributed by atoms with Crippen molar-refractivity contribution in [2.75, 3.05) is 20.1 Å². The summed E-state index contributed by atoms with van der Waals surface area (Å²) in [5, 5.41) is 21.7. The number of hydrogen-bond acceptors (Lipinski definition) is 5. The summed E-state index contributed by atoms with van der Waals surface area (Å²) in [4.78, 5) is 39.0. The Hall–Kier alpha value is -2.09. The van der Waals surface area contributed by atoms with E-state index in [9.17, 15) is 19.5 Å². The highest BCUT2D eigenvalue weighted by Crippen LogP contribution is 2.21. The third-order valence-corrected chi connectivity index (χ3v) is 3.72. The molecule has 0 spiro atoms. The van der Waals surface area contributed by atoms with E-state index in [-0.39, 0.29) is 25.7 Å². The zero-order chi connectivity index (χ0) is 16.8. The van der Waals surface area contributed by atoms with Gasteiger partial charge in [0.1, 0.15) is 11.6 Å². The molecule has 1 rings (SSSR count). The first-order valence-corrected chi connectivity index (χ1v) is 6.93. The van der Waals surface area contributed by atoms with E-state index in [1.54, 1.807) is 0 Å². The number of aliphatic carboxylic acids is 1. The van der Waals surface area contributed by atoms with Crippen molar-refractivity contribution in [1.82, 2.24) is 10.2 Å². The highest BCUT2D eigenvalue weighted by Gasteiger charge is 2.40. The fraction of sp³-hybridized carbons (Fsp3) is 0.692. The van der Waals surface area contributed by atoms with Crippen LogP contribution in [0.4, 0.5) is 0 Å². The number of rotatable bonds is 7. The van der Waals surface area contributed by atoms with Gasteiger partial charge in [0.05, 0.1) is 0 Å². The molecule has 22 heavy (non-hydrogen) atoms. The lowest BCUT2D eigenvalue weighted by Crippen LogP contribution is -2.56. The predicted molar refractivity (Wildman–Crippen MR) is 75.2 cm³/mol. The monoisotopic (exact) mass is 312 g/mol. The van der Waals surface area contributed by atoms with Crippen LogP contribution in [0.5, 0.6) is 0 Å². The van der Waals surface area contributed by atoms with Gasteiger partial charge in [-0.2, -0.15) is 4.79 Å². The van der Waals surface area contributed by atoms with Crippen LogP contribution in [0, 0.1) is 0 Å². The van der Waals surface area contributed by atoms with Gasteiger partial charge >= 0.3 is 12.2 Å².